The number of azo groups is 1. The molecule has 19 heteroatoms. The molecular weight excluding hydrogens is 775 g/mol. The average molecular weight is 785 g/mol. The third kappa shape index (κ3) is 5.22. The average Bonchev–Trinajstić information content (AvgIpc) is 2.69. The molecule has 0 saturated heterocycles. The second kappa shape index (κ2) is 9.51. The Kier molecular flexibility index (Phi) is 7.67. The van der Waals surface area contributed by atoms with E-state index in [0.29, 0.717) is 0 Å². The fraction of sp³-hybridized carbons (Fsp3) is 0. The van der Waals surface area contributed by atoms with Crippen molar-refractivity contribution in [2.45, 2.75) is 9.79 Å². The quantitative estimate of drug-likeness (QED) is 0.125. The van der Waals surface area contributed by atoms with Gasteiger partial charge in [0.05, 0.1) is 0 Å². The van der Waals surface area contributed by atoms with Gasteiger partial charge in [-0.3, -0.25) is 0 Å². The molecule has 0 aromatic heterocycles. The maximum atomic E-state index is 12.2. The van der Waals surface area contributed by atoms with E-state index in [-0.39, 0.29) is 5.69 Å². The van der Waals surface area contributed by atoms with E-state index >= 15 is 0 Å². The zero-order valence-electron chi connectivity index (χ0n) is 16.3. The van der Waals surface area contributed by atoms with E-state index in [1.54, 1.807) is 0 Å². The summed E-state index contributed by atoms with van der Waals surface area (Å²) >= 11 is 3.02. The number of phenolic OH excluding ortho intramolecular Hbond substituents is 2. The third-order valence-electron chi connectivity index (χ3n) is 4.38. The summed E-state index contributed by atoms with van der Waals surface area (Å²) in [5.74, 6) is -2.08. The molecule has 3 rings (SSSR count). The van der Waals surface area contributed by atoms with E-state index in [0.717, 1.165) is 12.1 Å². The van der Waals surface area contributed by atoms with Crippen molar-refractivity contribution in [2.24, 2.45) is 10.2 Å². The molecule has 0 radical (unpaired) electrons. The molecule has 6 N–H and O–H groups in total. The van der Waals surface area contributed by atoms with Crippen LogP contribution in [0.4, 0.5) is 11.4 Å². The molecule has 0 fully saturated rings. The SMILES string of the molecule is O=S(=O)(O)c1c(Br)c(O)c2c(O)c(N=Nc3ccccc3[As](=O)(O)O)c(S(=O)(=O)O)c(Br)c2c1Br. The number of phenols is 2. The summed E-state index contributed by atoms with van der Waals surface area (Å²) in [4.78, 5) is -2.05. The Morgan fingerprint density at radius 2 is 1.26 bits per heavy atom. The van der Waals surface area contributed by atoms with E-state index in [4.69, 9.17) is 0 Å². The summed E-state index contributed by atoms with van der Waals surface area (Å²) in [6, 6.07) is 4.86. The second-order valence-electron chi connectivity index (χ2n) is 6.58. The van der Waals surface area contributed by atoms with Crippen molar-refractivity contribution in [3.05, 3.63) is 37.7 Å². The predicted molar refractivity (Wildman–Crippen MR) is 131 cm³/mol. The molecule has 3 aromatic rings. The first-order valence-electron chi connectivity index (χ1n) is 8.48. The van der Waals surface area contributed by atoms with Crippen molar-refractivity contribution in [2.75, 3.05) is 0 Å². The monoisotopic (exact) mass is 782 g/mol. The van der Waals surface area contributed by atoms with E-state index in [9.17, 15) is 48.1 Å². The minimum absolute atomic E-state index is 0.384. The molecule has 0 saturated carbocycles. The van der Waals surface area contributed by atoms with Gasteiger partial charge in [-0.1, -0.05) is 0 Å². The molecule has 0 unspecified atom stereocenters. The van der Waals surface area contributed by atoms with Crippen molar-refractivity contribution < 1.29 is 48.1 Å². The first-order chi connectivity index (χ1) is 15.9. The molecule has 3 aromatic carbocycles. The predicted octanol–water partition coefficient (Wildman–Crippen LogP) is 3.01. The van der Waals surface area contributed by atoms with Crippen molar-refractivity contribution in [3.8, 4) is 11.5 Å². The first kappa shape index (κ1) is 28.2. The van der Waals surface area contributed by atoms with E-state index < -0.39 is 89.9 Å². The number of aromatic hydroxyl groups is 2. The topological polar surface area (TPSA) is 231 Å². The van der Waals surface area contributed by atoms with Gasteiger partial charge >= 0.3 is 226 Å². The van der Waals surface area contributed by atoms with Gasteiger partial charge in [-0.05, 0) is 0 Å². The Bertz CT molecular complexity index is 1700. The van der Waals surface area contributed by atoms with Gasteiger partial charge in [-0.15, -0.1) is 0 Å². The standard InChI is InChI=1S/C16H10AsBr3N2O11S2/c18-9-7-8(13(23)11(20)15(9)34(28,29)30)14(24)12(16(10(7)19)35(31,32)33)22-21-6-4-2-1-3-5(6)17(25,26)27/h1-4,23-24H,(H2,25,26,27)(H,28,29,30)(H,31,32,33). The number of hydrogen-bond acceptors (Lipinski definition) is 9. The van der Waals surface area contributed by atoms with Crippen LogP contribution in [0.1, 0.15) is 0 Å². The van der Waals surface area contributed by atoms with E-state index in [2.05, 4.69) is 58.0 Å². The van der Waals surface area contributed by atoms with Gasteiger partial charge in [0.2, 0.25) is 0 Å². The minimum atomic E-state index is -5.52. The summed E-state index contributed by atoms with van der Waals surface area (Å²) in [7, 11) is -10.3. The number of rotatable bonds is 5. The number of halogens is 3. The van der Waals surface area contributed by atoms with Gasteiger partial charge < -0.3 is 0 Å². The first-order valence-corrected chi connectivity index (χ1v) is 17.1. The van der Waals surface area contributed by atoms with Crippen LogP contribution in [0.15, 0.2) is 57.7 Å². The molecule has 13 nitrogen and oxygen atoms in total. The molecule has 0 aliphatic heterocycles. The molecule has 0 atom stereocenters. The number of hydrogen-bond donors (Lipinski definition) is 6. The fourth-order valence-corrected chi connectivity index (χ4v) is 9.76. The molecule has 0 bridgehead atoms. The van der Waals surface area contributed by atoms with Gasteiger partial charge in [-0.25, -0.2) is 0 Å². The van der Waals surface area contributed by atoms with Crippen molar-refractivity contribution >= 4 is 109 Å². The van der Waals surface area contributed by atoms with Crippen molar-refractivity contribution in [1.82, 2.24) is 0 Å². The summed E-state index contributed by atoms with van der Waals surface area (Å²) in [5.41, 5.74) is -1.35. The third-order valence-corrected chi connectivity index (χ3v) is 11.5. The van der Waals surface area contributed by atoms with Gasteiger partial charge in [0.15, 0.2) is 0 Å². The van der Waals surface area contributed by atoms with Crippen LogP contribution in [0.2, 0.25) is 0 Å². The van der Waals surface area contributed by atoms with Crippen molar-refractivity contribution in [3.63, 3.8) is 0 Å². The molecule has 0 aliphatic carbocycles. The van der Waals surface area contributed by atoms with Gasteiger partial charge in [-0.2, -0.15) is 0 Å². The fourth-order valence-electron chi connectivity index (χ4n) is 2.99. The van der Waals surface area contributed by atoms with Crippen LogP contribution in [-0.2, 0) is 24.0 Å². The summed E-state index contributed by atoms with van der Waals surface area (Å²) < 4.78 is 96.0. The summed E-state index contributed by atoms with van der Waals surface area (Å²) in [5, 5.41) is 27.5. The zero-order chi connectivity index (χ0) is 26.7. The van der Waals surface area contributed by atoms with Crippen LogP contribution in [0.3, 0.4) is 0 Å². The summed E-state index contributed by atoms with van der Waals surface area (Å²) in [6.45, 7) is 0. The van der Waals surface area contributed by atoms with Crippen LogP contribution in [0, 0.1) is 0 Å². The maximum absolute atomic E-state index is 12.2. The molecule has 0 amide bonds. The molecular formula is C16H10AsBr3N2O11S2. The molecule has 0 spiro atoms. The van der Waals surface area contributed by atoms with Crippen LogP contribution in [0.25, 0.3) is 10.8 Å². The Hall–Kier alpha value is -1.34. The number of nitrogens with zero attached hydrogens (tertiary/aromatic N) is 2. The summed E-state index contributed by atoms with van der Waals surface area (Å²) in [6.07, 6.45) is 0. The normalized spacial score (nSPS) is 13.1. The number of fused-ring (bicyclic) bond motifs is 1. The molecule has 35 heavy (non-hydrogen) atoms. The van der Waals surface area contributed by atoms with Gasteiger partial charge in [0, 0.05) is 0 Å². The van der Waals surface area contributed by atoms with Crippen molar-refractivity contribution in [1.29, 1.82) is 0 Å². The van der Waals surface area contributed by atoms with Gasteiger partial charge in [0.25, 0.3) is 0 Å². The van der Waals surface area contributed by atoms with Crippen LogP contribution >= 0.6 is 47.8 Å². The second-order valence-corrected chi connectivity index (χ2v) is 15.0. The Morgan fingerprint density at radius 3 is 1.77 bits per heavy atom. The molecule has 0 heterocycles. The molecule has 0 aliphatic rings. The van der Waals surface area contributed by atoms with Crippen LogP contribution < -0.4 is 4.35 Å². The van der Waals surface area contributed by atoms with E-state index in [1.165, 1.54) is 12.1 Å². The zero-order valence-corrected chi connectivity index (χ0v) is 24.6. The Labute approximate surface area is 224 Å². The van der Waals surface area contributed by atoms with E-state index in [1.807, 2.05) is 0 Å². The number of benzene rings is 3. The Morgan fingerprint density at radius 1 is 0.743 bits per heavy atom. The van der Waals surface area contributed by atoms with Gasteiger partial charge in [0.1, 0.15) is 0 Å². The van der Waals surface area contributed by atoms with Crippen LogP contribution in [-0.4, -0.2) is 58.5 Å². The Balaban J connectivity index is 2.54. The van der Waals surface area contributed by atoms with Crippen LogP contribution in [0.5, 0.6) is 11.5 Å². The molecule has 188 valence electrons.